The minimum atomic E-state index is -0.759. The Morgan fingerprint density at radius 1 is 0.897 bits per heavy atom. The normalized spacial score (nSPS) is 11.6. The highest BCUT2D eigenvalue weighted by molar-refractivity contribution is 6.30. The Kier molecular flexibility index (Phi) is 6.75. The number of anilines is 1. The summed E-state index contributed by atoms with van der Waals surface area (Å²) in [5.41, 5.74) is 3.13. The van der Waals surface area contributed by atoms with E-state index in [0.29, 0.717) is 22.2 Å². The SMILES string of the molecule is COc1ccc(-c2ccccc2NC(=O)C(OC)c2ccc(Cl)cc2)cc1OC. The Balaban J connectivity index is 1.91. The van der Waals surface area contributed by atoms with Crippen molar-refractivity contribution in [3.63, 3.8) is 0 Å². The second-order valence-corrected chi connectivity index (χ2v) is 6.71. The molecule has 0 saturated carbocycles. The van der Waals surface area contributed by atoms with Crippen molar-refractivity contribution in [2.75, 3.05) is 26.6 Å². The van der Waals surface area contributed by atoms with Crippen LogP contribution in [-0.4, -0.2) is 27.2 Å². The molecule has 1 amide bonds. The number of hydrogen-bond donors (Lipinski definition) is 1. The topological polar surface area (TPSA) is 56.8 Å². The van der Waals surface area contributed by atoms with Crippen LogP contribution in [0.1, 0.15) is 11.7 Å². The summed E-state index contributed by atoms with van der Waals surface area (Å²) in [5, 5.41) is 3.57. The van der Waals surface area contributed by atoms with E-state index in [2.05, 4.69) is 5.32 Å². The average Bonchev–Trinajstić information content (AvgIpc) is 2.75. The Labute approximate surface area is 175 Å². The number of para-hydroxylation sites is 1. The Morgan fingerprint density at radius 2 is 1.59 bits per heavy atom. The highest BCUT2D eigenvalue weighted by Gasteiger charge is 2.21. The van der Waals surface area contributed by atoms with Crippen LogP contribution in [0.5, 0.6) is 11.5 Å². The summed E-state index contributed by atoms with van der Waals surface area (Å²) in [4.78, 5) is 12.9. The first-order valence-corrected chi connectivity index (χ1v) is 9.35. The maximum atomic E-state index is 12.9. The number of methoxy groups -OCH3 is 3. The van der Waals surface area contributed by atoms with Crippen molar-refractivity contribution in [3.05, 3.63) is 77.3 Å². The van der Waals surface area contributed by atoms with Crippen LogP contribution in [0.2, 0.25) is 5.02 Å². The van der Waals surface area contributed by atoms with Gasteiger partial charge >= 0.3 is 0 Å². The Morgan fingerprint density at radius 3 is 2.24 bits per heavy atom. The van der Waals surface area contributed by atoms with E-state index in [0.717, 1.165) is 16.7 Å². The van der Waals surface area contributed by atoms with Gasteiger partial charge in [0.2, 0.25) is 0 Å². The second kappa shape index (κ2) is 9.45. The van der Waals surface area contributed by atoms with Gasteiger partial charge in [-0.25, -0.2) is 0 Å². The van der Waals surface area contributed by atoms with Crippen LogP contribution in [0.25, 0.3) is 11.1 Å². The molecule has 29 heavy (non-hydrogen) atoms. The van der Waals surface area contributed by atoms with Crippen molar-refractivity contribution in [1.82, 2.24) is 0 Å². The van der Waals surface area contributed by atoms with Gasteiger partial charge in [-0.1, -0.05) is 48.0 Å². The van der Waals surface area contributed by atoms with Gasteiger partial charge in [0.05, 0.1) is 14.2 Å². The molecule has 0 heterocycles. The molecule has 0 bridgehead atoms. The number of benzene rings is 3. The summed E-state index contributed by atoms with van der Waals surface area (Å²) in [6.07, 6.45) is -0.759. The van der Waals surface area contributed by atoms with E-state index in [1.165, 1.54) is 7.11 Å². The van der Waals surface area contributed by atoms with Gasteiger partial charge < -0.3 is 19.5 Å². The predicted octanol–water partition coefficient (Wildman–Crippen LogP) is 5.35. The zero-order valence-corrected chi connectivity index (χ0v) is 17.2. The largest absolute Gasteiger partial charge is 0.493 e. The third-order valence-corrected chi connectivity index (χ3v) is 4.78. The lowest BCUT2D eigenvalue weighted by Crippen LogP contribution is -2.22. The minimum absolute atomic E-state index is 0.275. The fourth-order valence-corrected chi connectivity index (χ4v) is 3.20. The predicted molar refractivity (Wildman–Crippen MR) is 115 cm³/mol. The van der Waals surface area contributed by atoms with E-state index < -0.39 is 6.10 Å². The van der Waals surface area contributed by atoms with Crippen molar-refractivity contribution < 1.29 is 19.0 Å². The van der Waals surface area contributed by atoms with Crippen LogP contribution in [0, 0.1) is 0 Å². The van der Waals surface area contributed by atoms with Crippen molar-refractivity contribution in [3.8, 4) is 22.6 Å². The fourth-order valence-electron chi connectivity index (χ4n) is 3.08. The molecule has 1 N–H and O–H groups in total. The van der Waals surface area contributed by atoms with Gasteiger partial charge in [-0.2, -0.15) is 0 Å². The summed E-state index contributed by atoms with van der Waals surface area (Å²) < 4.78 is 16.1. The molecule has 1 atom stereocenters. The van der Waals surface area contributed by atoms with E-state index in [1.54, 1.807) is 38.5 Å². The van der Waals surface area contributed by atoms with E-state index in [-0.39, 0.29) is 5.91 Å². The number of amides is 1. The Hall–Kier alpha value is -3.02. The van der Waals surface area contributed by atoms with Crippen molar-refractivity contribution >= 4 is 23.2 Å². The standard InChI is InChI=1S/C23H22ClNO4/c1-27-20-13-10-16(14-21(20)28-2)18-6-4-5-7-19(18)25-23(26)22(29-3)15-8-11-17(24)12-9-15/h4-14,22H,1-3H3,(H,25,26). The highest BCUT2D eigenvalue weighted by atomic mass is 35.5. The number of hydrogen-bond acceptors (Lipinski definition) is 4. The van der Waals surface area contributed by atoms with Gasteiger partial charge in [-0.15, -0.1) is 0 Å². The third-order valence-electron chi connectivity index (χ3n) is 4.53. The molecule has 0 radical (unpaired) electrons. The van der Waals surface area contributed by atoms with Crippen LogP contribution >= 0.6 is 11.6 Å². The fraction of sp³-hybridized carbons (Fsp3) is 0.174. The van der Waals surface area contributed by atoms with Crippen LogP contribution in [0.15, 0.2) is 66.7 Å². The molecule has 3 rings (SSSR count). The van der Waals surface area contributed by atoms with E-state index in [9.17, 15) is 4.79 Å². The van der Waals surface area contributed by atoms with Gasteiger partial charge in [0.15, 0.2) is 17.6 Å². The monoisotopic (exact) mass is 411 g/mol. The summed E-state index contributed by atoms with van der Waals surface area (Å²) in [6.45, 7) is 0. The lowest BCUT2D eigenvalue weighted by atomic mass is 10.0. The Bertz CT molecular complexity index is 988. The minimum Gasteiger partial charge on any atom is -0.493 e. The maximum absolute atomic E-state index is 12.9. The molecule has 0 aliphatic heterocycles. The first-order chi connectivity index (χ1) is 14.1. The summed E-state index contributed by atoms with van der Waals surface area (Å²) in [5.74, 6) is 0.977. The molecule has 3 aromatic carbocycles. The molecule has 1 unspecified atom stereocenters. The zero-order chi connectivity index (χ0) is 20.8. The van der Waals surface area contributed by atoms with Gasteiger partial charge in [0.25, 0.3) is 5.91 Å². The van der Waals surface area contributed by atoms with Gasteiger partial charge in [-0.3, -0.25) is 4.79 Å². The molecule has 0 aliphatic carbocycles. The first kappa shape index (κ1) is 20.7. The summed E-state index contributed by atoms with van der Waals surface area (Å²) in [7, 11) is 4.68. The van der Waals surface area contributed by atoms with Crippen LogP contribution < -0.4 is 14.8 Å². The van der Waals surface area contributed by atoms with Crippen molar-refractivity contribution in [2.24, 2.45) is 0 Å². The molecular formula is C23H22ClNO4. The molecule has 0 fully saturated rings. The summed E-state index contributed by atoms with van der Waals surface area (Å²) in [6, 6.07) is 20.2. The van der Waals surface area contributed by atoms with E-state index in [4.69, 9.17) is 25.8 Å². The molecule has 0 saturated heterocycles. The van der Waals surface area contributed by atoms with E-state index in [1.807, 2.05) is 42.5 Å². The molecule has 0 aliphatic rings. The number of rotatable bonds is 7. The number of carbonyl (C=O) groups is 1. The lowest BCUT2D eigenvalue weighted by molar-refractivity contribution is -0.126. The average molecular weight is 412 g/mol. The van der Waals surface area contributed by atoms with Crippen LogP contribution in [0.3, 0.4) is 0 Å². The number of nitrogens with one attached hydrogen (secondary N) is 1. The molecular weight excluding hydrogens is 390 g/mol. The molecule has 150 valence electrons. The first-order valence-electron chi connectivity index (χ1n) is 8.98. The van der Waals surface area contributed by atoms with Crippen molar-refractivity contribution in [2.45, 2.75) is 6.10 Å². The van der Waals surface area contributed by atoms with Gasteiger partial charge in [-0.05, 0) is 41.5 Å². The quantitative estimate of drug-likeness (QED) is 0.569. The van der Waals surface area contributed by atoms with Crippen LogP contribution in [-0.2, 0) is 9.53 Å². The highest BCUT2D eigenvalue weighted by Crippen LogP contribution is 2.35. The van der Waals surface area contributed by atoms with E-state index >= 15 is 0 Å². The third kappa shape index (κ3) is 4.70. The number of carbonyl (C=O) groups excluding carboxylic acids is 1. The molecule has 3 aromatic rings. The number of ether oxygens (including phenoxy) is 3. The zero-order valence-electron chi connectivity index (χ0n) is 16.4. The molecule has 0 aromatic heterocycles. The summed E-state index contributed by atoms with van der Waals surface area (Å²) >= 11 is 5.94. The van der Waals surface area contributed by atoms with Crippen molar-refractivity contribution in [1.29, 1.82) is 0 Å². The lowest BCUT2D eigenvalue weighted by Gasteiger charge is -2.18. The van der Waals surface area contributed by atoms with Gasteiger partial charge in [0, 0.05) is 23.4 Å². The molecule has 0 spiro atoms. The maximum Gasteiger partial charge on any atom is 0.258 e. The van der Waals surface area contributed by atoms with Crippen LogP contribution in [0.4, 0.5) is 5.69 Å². The van der Waals surface area contributed by atoms with Gasteiger partial charge in [0.1, 0.15) is 0 Å². The second-order valence-electron chi connectivity index (χ2n) is 6.27. The molecule has 6 heteroatoms. The molecule has 5 nitrogen and oxygen atoms in total. The number of halogens is 1. The smallest absolute Gasteiger partial charge is 0.258 e.